The van der Waals surface area contributed by atoms with Gasteiger partial charge in [0, 0.05) is 18.7 Å². The fraction of sp³-hybridized carbons (Fsp3) is 0.500. The highest BCUT2D eigenvalue weighted by molar-refractivity contribution is 8.02. The minimum absolute atomic E-state index is 0.119. The molecule has 1 heterocycles. The molecule has 0 unspecified atom stereocenters. The molecular formula is C16H22N2OS2. The maximum absolute atomic E-state index is 12.7. The van der Waals surface area contributed by atoms with Crippen LogP contribution in [0.3, 0.4) is 0 Å². The zero-order valence-corrected chi connectivity index (χ0v) is 14.4. The summed E-state index contributed by atoms with van der Waals surface area (Å²) in [5, 5.41) is 0. The molecule has 0 saturated carbocycles. The molecule has 1 aliphatic rings. The second kappa shape index (κ2) is 6.36. The van der Waals surface area contributed by atoms with Crippen LogP contribution in [0.4, 0.5) is 0 Å². The summed E-state index contributed by atoms with van der Waals surface area (Å²) in [5.41, 5.74) is 8.85. The van der Waals surface area contributed by atoms with Crippen LogP contribution in [0.5, 0.6) is 0 Å². The summed E-state index contributed by atoms with van der Waals surface area (Å²) in [7, 11) is 0. The fourth-order valence-corrected chi connectivity index (χ4v) is 4.00. The monoisotopic (exact) mass is 322 g/mol. The molecule has 0 atom stereocenters. The van der Waals surface area contributed by atoms with Crippen molar-refractivity contribution in [3.05, 3.63) is 34.9 Å². The molecule has 114 valence electrons. The molecule has 1 aromatic rings. The number of hydrogen-bond acceptors (Lipinski definition) is 3. The molecule has 1 amide bonds. The number of likely N-dealkylation sites (tertiary alicyclic amines) is 1. The van der Waals surface area contributed by atoms with Crippen LogP contribution in [-0.2, 0) is 0 Å². The molecule has 1 saturated heterocycles. The number of nitrogens with zero attached hydrogens (tertiary/aromatic N) is 1. The Morgan fingerprint density at radius 2 is 1.95 bits per heavy atom. The molecular weight excluding hydrogens is 300 g/mol. The lowest BCUT2D eigenvalue weighted by Gasteiger charge is -2.40. The number of thioether (sulfide) groups is 1. The smallest absolute Gasteiger partial charge is 0.254 e. The average molecular weight is 322 g/mol. The van der Waals surface area contributed by atoms with Gasteiger partial charge in [-0.2, -0.15) is 11.8 Å². The summed E-state index contributed by atoms with van der Waals surface area (Å²) >= 11 is 6.93. The molecule has 3 nitrogen and oxygen atoms in total. The SMILES string of the molecule is CSC1(C(N)=S)CCN(C(=O)c2cc(C)ccc2C)CC1. The Hall–Kier alpha value is -1.07. The second-order valence-corrected chi connectivity index (χ2v) is 7.30. The van der Waals surface area contributed by atoms with E-state index in [4.69, 9.17) is 18.0 Å². The predicted octanol–water partition coefficient (Wildman–Crippen LogP) is 2.93. The third-order valence-electron chi connectivity index (χ3n) is 4.32. The van der Waals surface area contributed by atoms with Crippen LogP contribution in [0, 0.1) is 13.8 Å². The summed E-state index contributed by atoms with van der Waals surface area (Å²) < 4.78 is -0.145. The van der Waals surface area contributed by atoms with Gasteiger partial charge in [-0.05, 0) is 44.6 Å². The molecule has 1 aromatic carbocycles. The molecule has 1 aliphatic heterocycles. The van der Waals surface area contributed by atoms with Crippen molar-refractivity contribution < 1.29 is 4.79 Å². The van der Waals surface area contributed by atoms with Gasteiger partial charge < -0.3 is 10.6 Å². The number of rotatable bonds is 3. The Kier molecular flexibility index (Phi) is 4.94. The number of aryl methyl sites for hydroxylation is 2. The van der Waals surface area contributed by atoms with Gasteiger partial charge in [0.05, 0.1) is 9.74 Å². The molecule has 0 aliphatic carbocycles. The quantitative estimate of drug-likeness (QED) is 0.869. The van der Waals surface area contributed by atoms with Crippen molar-refractivity contribution in [3.8, 4) is 0 Å². The van der Waals surface area contributed by atoms with Crippen molar-refractivity contribution in [1.82, 2.24) is 4.90 Å². The first-order valence-corrected chi connectivity index (χ1v) is 8.74. The van der Waals surface area contributed by atoms with Gasteiger partial charge in [0.25, 0.3) is 5.91 Å². The lowest BCUT2D eigenvalue weighted by molar-refractivity contribution is 0.0718. The van der Waals surface area contributed by atoms with E-state index in [-0.39, 0.29) is 10.7 Å². The number of thiocarbonyl (C=S) groups is 1. The van der Waals surface area contributed by atoms with Crippen molar-refractivity contribution >= 4 is 34.9 Å². The lowest BCUT2D eigenvalue weighted by atomic mass is 9.94. The van der Waals surface area contributed by atoms with Gasteiger partial charge in [-0.3, -0.25) is 4.79 Å². The molecule has 2 N–H and O–H groups in total. The molecule has 0 radical (unpaired) electrons. The maximum atomic E-state index is 12.7. The highest BCUT2D eigenvalue weighted by Gasteiger charge is 2.38. The number of piperidine rings is 1. The van der Waals surface area contributed by atoms with Gasteiger partial charge in [-0.25, -0.2) is 0 Å². The predicted molar refractivity (Wildman–Crippen MR) is 94.1 cm³/mol. The van der Waals surface area contributed by atoms with Gasteiger partial charge in [0.1, 0.15) is 0 Å². The van der Waals surface area contributed by atoms with E-state index in [1.54, 1.807) is 11.8 Å². The highest BCUT2D eigenvalue weighted by Crippen LogP contribution is 2.35. The summed E-state index contributed by atoms with van der Waals surface area (Å²) in [4.78, 5) is 15.2. The number of benzene rings is 1. The normalized spacial score (nSPS) is 17.6. The Labute approximate surface area is 136 Å². The van der Waals surface area contributed by atoms with E-state index in [0.29, 0.717) is 18.1 Å². The Morgan fingerprint density at radius 3 is 2.48 bits per heavy atom. The molecule has 21 heavy (non-hydrogen) atoms. The van der Waals surface area contributed by atoms with Gasteiger partial charge in [0.2, 0.25) is 0 Å². The summed E-state index contributed by atoms with van der Waals surface area (Å²) in [6, 6.07) is 6.02. The van der Waals surface area contributed by atoms with Crippen molar-refractivity contribution in [3.63, 3.8) is 0 Å². The standard InChI is InChI=1S/C16H22N2OS2/c1-11-4-5-12(2)13(10-11)14(19)18-8-6-16(21-3,7-9-18)15(17)20/h4-5,10H,6-9H2,1-3H3,(H2,17,20). The van der Waals surface area contributed by atoms with Crippen LogP contribution in [0.25, 0.3) is 0 Å². The van der Waals surface area contributed by atoms with Gasteiger partial charge >= 0.3 is 0 Å². The van der Waals surface area contributed by atoms with E-state index in [1.165, 1.54) is 0 Å². The van der Waals surface area contributed by atoms with Gasteiger partial charge in [-0.1, -0.05) is 29.9 Å². The number of carbonyl (C=O) groups excluding carboxylic acids is 1. The topological polar surface area (TPSA) is 46.3 Å². The Bertz CT molecular complexity index is 563. The maximum Gasteiger partial charge on any atom is 0.254 e. The van der Waals surface area contributed by atoms with Crippen LogP contribution in [-0.4, -0.2) is 39.9 Å². The van der Waals surface area contributed by atoms with Gasteiger partial charge in [-0.15, -0.1) is 0 Å². The van der Waals surface area contributed by atoms with Crippen LogP contribution < -0.4 is 5.73 Å². The van der Waals surface area contributed by atoms with Crippen LogP contribution in [0.15, 0.2) is 18.2 Å². The number of nitrogens with two attached hydrogens (primary N) is 1. The highest BCUT2D eigenvalue weighted by atomic mass is 32.2. The van der Waals surface area contributed by atoms with E-state index in [1.807, 2.05) is 43.2 Å². The van der Waals surface area contributed by atoms with Crippen LogP contribution in [0.1, 0.15) is 34.3 Å². The van der Waals surface area contributed by atoms with Crippen LogP contribution >= 0.6 is 24.0 Å². The third kappa shape index (κ3) is 3.24. The van der Waals surface area contributed by atoms with Crippen molar-refractivity contribution in [1.29, 1.82) is 0 Å². The largest absolute Gasteiger partial charge is 0.392 e. The first kappa shape index (κ1) is 16.3. The number of amides is 1. The fourth-order valence-electron chi connectivity index (χ4n) is 2.76. The summed E-state index contributed by atoms with van der Waals surface area (Å²) in [6.45, 7) is 5.42. The van der Waals surface area contributed by atoms with E-state index in [0.717, 1.165) is 29.5 Å². The second-order valence-electron chi connectivity index (χ2n) is 5.67. The molecule has 5 heteroatoms. The molecule has 0 aromatic heterocycles. The van der Waals surface area contributed by atoms with E-state index >= 15 is 0 Å². The first-order valence-electron chi connectivity index (χ1n) is 7.11. The molecule has 2 rings (SSSR count). The minimum Gasteiger partial charge on any atom is -0.392 e. The first-order chi connectivity index (χ1) is 9.89. The Balaban J connectivity index is 2.13. The number of carbonyl (C=O) groups is 1. The minimum atomic E-state index is -0.145. The van der Waals surface area contributed by atoms with Crippen molar-refractivity contribution in [2.45, 2.75) is 31.4 Å². The van der Waals surface area contributed by atoms with Crippen LogP contribution in [0.2, 0.25) is 0 Å². The Morgan fingerprint density at radius 1 is 1.33 bits per heavy atom. The summed E-state index contributed by atoms with van der Waals surface area (Å²) in [5.74, 6) is 0.119. The lowest BCUT2D eigenvalue weighted by Crippen LogP contribution is -2.50. The van der Waals surface area contributed by atoms with E-state index < -0.39 is 0 Å². The zero-order chi connectivity index (χ0) is 15.6. The van der Waals surface area contributed by atoms with Crippen molar-refractivity contribution in [2.24, 2.45) is 5.73 Å². The zero-order valence-electron chi connectivity index (χ0n) is 12.8. The van der Waals surface area contributed by atoms with E-state index in [9.17, 15) is 4.79 Å². The number of hydrogen-bond donors (Lipinski definition) is 1. The molecule has 1 fully saturated rings. The van der Waals surface area contributed by atoms with Crippen molar-refractivity contribution in [2.75, 3.05) is 19.3 Å². The van der Waals surface area contributed by atoms with Gasteiger partial charge in [0.15, 0.2) is 0 Å². The summed E-state index contributed by atoms with van der Waals surface area (Å²) in [6.07, 6.45) is 3.71. The molecule has 0 bridgehead atoms. The average Bonchev–Trinajstić information content (AvgIpc) is 2.49. The third-order valence-corrected chi connectivity index (χ3v) is 6.25. The van der Waals surface area contributed by atoms with E-state index in [2.05, 4.69) is 0 Å². The molecule has 0 spiro atoms.